The molecule has 2 bridgehead atoms. The molecule has 11 heteroatoms. The average Bonchev–Trinajstić information content (AvgIpc) is 2.89. The van der Waals surface area contributed by atoms with E-state index in [1.165, 1.54) is 36.4 Å². The molecule has 4 rings (SSSR count). The molecule has 0 heterocycles. The summed E-state index contributed by atoms with van der Waals surface area (Å²) in [4.78, 5) is 65.1. The number of methoxy groups -OCH3 is 2. The van der Waals surface area contributed by atoms with Gasteiger partial charge >= 0.3 is 11.9 Å². The first kappa shape index (κ1) is 26.9. The second kappa shape index (κ2) is 9.62. The van der Waals surface area contributed by atoms with Crippen LogP contribution in [0.5, 0.6) is 0 Å². The van der Waals surface area contributed by atoms with Crippen molar-refractivity contribution >= 4 is 29.1 Å². The number of nitro groups is 2. The fraction of sp³-hybridized carbons (Fsp3) is 0.444. The van der Waals surface area contributed by atoms with Gasteiger partial charge in [0, 0.05) is 35.1 Å². The molecule has 2 aromatic carbocycles. The van der Waals surface area contributed by atoms with Gasteiger partial charge < -0.3 is 9.47 Å². The van der Waals surface area contributed by atoms with E-state index < -0.39 is 62.1 Å². The van der Waals surface area contributed by atoms with Crippen LogP contribution in [0.3, 0.4) is 0 Å². The molecule has 0 aromatic heterocycles. The van der Waals surface area contributed by atoms with Crippen molar-refractivity contribution in [2.45, 2.75) is 38.5 Å². The molecular weight excluding hydrogens is 496 g/mol. The number of carbonyl (C=O) groups is 3. The quantitative estimate of drug-likeness (QED) is 0.232. The lowest BCUT2D eigenvalue weighted by Crippen LogP contribution is -2.67. The molecule has 2 fully saturated rings. The molecule has 38 heavy (non-hydrogen) atoms. The number of hydrogen-bond acceptors (Lipinski definition) is 9. The van der Waals surface area contributed by atoms with Crippen LogP contribution in [-0.2, 0) is 23.9 Å². The van der Waals surface area contributed by atoms with E-state index >= 15 is 0 Å². The van der Waals surface area contributed by atoms with Crippen LogP contribution in [0.2, 0.25) is 0 Å². The number of carbonyl (C=O) groups excluding carboxylic acids is 3. The number of ketones is 1. The summed E-state index contributed by atoms with van der Waals surface area (Å²) in [7, 11) is 2.25. The molecule has 0 amide bonds. The molecular formula is C27H28N2O9. The summed E-state index contributed by atoms with van der Waals surface area (Å²) in [6.45, 7) is 3.44. The summed E-state index contributed by atoms with van der Waals surface area (Å²) in [5.41, 5.74) is -4.26. The van der Waals surface area contributed by atoms with E-state index in [4.69, 9.17) is 9.47 Å². The molecule has 2 saturated carbocycles. The molecule has 2 aliphatic rings. The molecule has 11 nitrogen and oxygen atoms in total. The van der Waals surface area contributed by atoms with Gasteiger partial charge in [-0.15, -0.1) is 0 Å². The zero-order chi connectivity index (χ0) is 28.0. The Morgan fingerprint density at radius 2 is 1.16 bits per heavy atom. The third kappa shape index (κ3) is 3.59. The average molecular weight is 525 g/mol. The van der Waals surface area contributed by atoms with Crippen molar-refractivity contribution in [3.8, 4) is 0 Å². The standard InChI is InChI=1S/C27H28N2O9/c1-15-13-26(24(31)37-3)21(17-9-5-7-11-19(17)28(33)34)16(2)22(18-10-6-8-12-20(18)29(35)36)27(14-15,23(26)30)25(32)38-4/h5-12,15-16,21-22H,13-14H2,1-4H3. The Bertz CT molecular complexity index is 1240. The Morgan fingerprint density at radius 1 is 0.789 bits per heavy atom. The third-order valence-corrected chi connectivity index (χ3v) is 8.30. The maximum absolute atomic E-state index is 14.7. The van der Waals surface area contributed by atoms with Gasteiger partial charge in [0.2, 0.25) is 0 Å². The lowest BCUT2D eigenvalue weighted by molar-refractivity contribution is -0.386. The molecule has 4 unspecified atom stereocenters. The highest BCUT2D eigenvalue weighted by atomic mass is 16.6. The Kier molecular flexibility index (Phi) is 6.81. The Morgan fingerprint density at radius 3 is 1.50 bits per heavy atom. The number of para-hydroxylation sites is 2. The number of hydrogen-bond donors (Lipinski definition) is 0. The van der Waals surface area contributed by atoms with E-state index in [0.29, 0.717) is 0 Å². The van der Waals surface area contributed by atoms with E-state index in [0.717, 1.165) is 14.2 Å². The fourth-order valence-electron chi connectivity index (χ4n) is 7.28. The minimum Gasteiger partial charge on any atom is -0.468 e. The van der Waals surface area contributed by atoms with Crippen LogP contribution in [0.25, 0.3) is 0 Å². The zero-order valence-corrected chi connectivity index (χ0v) is 21.4. The number of fused-ring (bicyclic) bond motifs is 2. The monoisotopic (exact) mass is 524 g/mol. The topological polar surface area (TPSA) is 156 Å². The van der Waals surface area contributed by atoms with Crippen molar-refractivity contribution in [1.29, 1.82) is 0 Å². The van der Waals surface area contributed by atoms with Crippen LogP contribution in [0.1, 0.15) is 49.7 Å². The minimum atomic E-state index is -1.95. The highest BCUT2D eigenvalue weighted by molar-refractivity contribution is 6.17. The maximum atomic E-state index is 14.7. The highest BCUT2D eigenvalue weighted by Crippen LogP contribution is 2.68. The number of nitrogens with zero attached hydrogens (tertiary/aromatic N) is 2. The van der Waals surface area contributed by atoms with Crippen LogP contribution < -0.4 is 0 Å². The second-order valence-corrected chi connectivity index (χ2v) is 10.2. The van der Waals surface area contributed by atoms with E-state index in [1.54, 1.807) is 26.0 Å². The summed E-state index contributed by atoms with van der Waals surface area (Å²) in [6, 6.07) is 11.6. The molecule has 0 saturated heterocycles. The molecule has 0 spiro atoms. The number of ether oxygens (including phenoxy) is 2. The predicted molar refractivity (Wildman–Crippen MR) is 133 cm³/mol. The molecule has 200 valence electrons. The summed E-state index contributed by atoms with van der Waals surface area (Å²) in [6.07, 6.45) is -0.0240. The second-order valence-electron chi connectivity index (χ2n) is 10.2. The van der Waals surface area contributed by atoms with Crippen LogP contribution >= 0.6 is 0 Å². The lowest BCUT2D eigenvalue weighted by atomic mass is 9.40. The maximum Gasteiger partial charge on any atom is 0.320 e. The molecule has 0 N–H and O–H groups in total. The predicted octanol–water partition coefficient (Wildman–Crippen LogP) is 4.34. The van der Waals surface area contributed by atoms with Crippen LogP contribution in [0, 0.1) is 42.9 Å². The Labute approximate surface area is 218 Å². The van der Waals surface area contributed by atoms with Crippen LogP contribution in [-0.4, -0.2) is 41.8 Å². The first-order valence-electron chi connectivity index (χ1n) is 12.2. The van der Waals surface area contributed by atoms with Crippen LogP contribution in [0.4, 0.5) is 11.4 Å². The smallest absolute Gasteiger partial charge is 0.320 e. The molecule has 0 aliphatic heterocycles. The molecule has 4 atom stereocenters. The summed E-state index contributed by atoms with van der Waals surface area (Å²) < 4.78 is 10.3. The molecule has 2 aromatic rings. The normalized spacial score (nSPS) is 30.3. The molecule has 0 radical (unpaired) electrons. The number of Topliss-reactive ketones (excluding diaryl/α,β-unsaturated/α-hetero) is 1. The van der Waals surface area contributed by atoms with Gasteiger partial charge in [0.25, 0.3) is 11.4 Å². The van der Waals surface area contributed by atoms with Crippen molar-refractivity contribution < 1.29 is 33.7 Å². The van der Waals surface area contributed by atoms with Crippen LogP contribution in [0.15, 0.2) is 48.5 Å². The van der Waals surface area contributed by atoms with Gasteiger partial charge in [-0.2, -0.15) is 0 Å². The fourth-order valence-corrected chi connectivity index (χ4v) is 7.28. The van der Waals surface area contributed by atoms with Gasteiger partial charge in [0.05, 0.1) is 24.1 Å². The van der Waals surface area contributed by atoms with Crippen molar-refractivity contribution in [2.75, 3.05) is 14.2 Å². The van der Waals surface area contributed by atoms with Gasteiger partial charge in [-0.25, -0.2) is 0 Å². The van der Waals surface area contributed by atoms with Crippen molar-refractivity contribution in [3.63, 3.8) is 0 Å². The van der Waals surface area contributed by atoms with Gasteiger partial charge in [-0.3, -0.25) is 34.6 Å². The lowest BCUT2D eigenvalue weighted by Gasteiger charge is -2.59. The summed E-state index contributed by atoms with van der Waals surface area (Å²) in [5.74, 6) is -6.07. The van der Waals surface area contributed by atoms with E-state index in [-0.39, 0.29) is 35.3 Å². The largest absolute Gasteiger partial charge is 0.468 e. The van der Waals surface area contributed by atoms with E-state index in [2.05, 4.69) is 0 Å². The van der Waals surface area contributed by atoms with Gasteiger partial charge in [0.1, 0.15) is 10.8 Å². The number of rotatable bonds is 6. The van der Waals surface area contributed by atoms with Crippen molar-refractivity contribution in [1.82, 2.24) is 0 Å². The van der Waals surface area contributed by atoms with Crippen molar-refractivity contribution in [3.05, 3.63) is 79.9 Å². The zero-order valence-electron chi connectivity index (χ0n) is 21.4. The Hall–Kier alpha value is -4.15. The first-order valence-corrected chi connectivity index (χ1v) is 12.2. The van der Waals surface area contributed by atoms with E-state index in [9.17, 15) is 34.6 Å². The molecule has 2 aliphatic carbocycles. The number of nitro benzene ring substituents is 2. The third-order valence-electron chi connectivity index (χ3n) is 8.30. The minimum absolute atomic E-state index is 0.0120. The van der Waals surface area contributed by atoms with E-state index in [1.807, 2.05) is 0 Å². The van der Waals surface area contributed by atoms with Gasteiger partial charge in [-0.1, -0.05) is 50.2 Å². The number of esters is 2. The first-order chi connectivity index (χ1) is 18.0. The Balaban J connectivity index is 2.17. The van der Waals surface area contributed by atoms with Crippen molar-refractivity contribution in [2.24, 2.45) is 22.7 Å². The summed E-state index contributed by atoms with van der Waals surface area (Å²) in [5, 5.41) is 24.2. The SMILES string of the molecule is COC(=O)C12CC(C)CC(C(=O)OC)(C1=O)C(c1ccccc1[N+](=O)[O-])C(C)C2c1ccccc1[N+](=O)[O-]. The number of benzene rings is 2. The summed E-state index contributed by atoms with van der Waals surface area (Å²) >= 11 is 0. The van der Waals surface area contributed by atoms with Gasteiger partial charge in [0.15, 0.2) is 5.78 Å². The van der Waals surface area contributed by atoms with Gasteiger partial charge in [-0.05, 0) is 24.7 Å². The highest BCUT2D eigenvalue weighted by Gasteiger charge is 2.75.